The number of methoxy groups -OCH3 is 1. The Balaban J connectivity index is 2.35. The fraction of sp³-hybridized carbons (Fsp3) is 0.929. The van der Waals surface area contributed by atoms with Gasteiger partial charge in [0, 0.05) is 19.1 Å². The SMILES string of the molecule is CCC1CCN(CCC(NC(C)C)C(=O)OC)C1. The molecule has 0 aromatic heterocycles. The maximum absolute atomic E-state index is 11.7. The van der Waals surface area contributed by atoms with Crippen molar-refractivity contribution < 1.29 is 9.53 Å². The van der Waals surface area contributed by atoms with Gasteiger partial charge in [-0.1, -0.05) is 27.2 Å². The Kier molecular flexibility index (Phi) is 6.65. The van der Waals surface area contributed by atoms with Gasteiger partial charge >= 0.3 is 5.97 Å². The lowest BCUT2D eigenvalue weighted by Crippen LogP contribution is -2.43. The second-order valence-corrected chi connectivity index (χ2v) is 5.55. The van der Waals surface area contributed by atoms with Crippen LogP contribution in [-0.4, -0.2) is 49.7 Å². The molecule has 1 heterocycles. The van der Waals surface area contributed by atoms with Crippen LogP contribution < -0.4 is 5.32 Å². The third-order valence-corrected chi connectivity index (χ3v) is 3.70. The van der Waals surface area contributed by atoms with Crippen LogP contribution in [0.5, 0.6) is 0 Å². The van der Waals surface area contributed by atoms with Gasteiger partial charge in [0.1, 0.15) is 6.04 Å². The zero-order chi connectivity index (χ0) is 13.5. The van der Waals surface area contributed by atoms with Crippen LogP contribution >= 0.6 is 0 Å². The first-order valence-corrected chi connectivity index (χ1v) is 7.13. The van der Waals surface area contributed by atoms with Crippen LogP contribution in [0.1, 0.15) is 40.0 Å². The van der Waals surface area contributed by atoms with Crippen molar-refractivity contribution in [1.82, 2.24) is 10.2 Å². The molecule has 0 amide bonds. The molecule has 106 valence electrons. The first-order valence-electron chi connectivity index (χ1n) is 7.13. The summed E-state index contributed by atoms with van der Waals surface area (Å²) in [6, 6.07) is 0.131. The molecular weight excluding hydrogens is 228 g/mol. The fourth-order valence-electron chi connectivity index (χ4n) is 2.57. The molecule has 1 aliphatic rings. The van der Waals surface area contributed by atoms with Gasteiger partial charge in [0.2, 0.25) is 0 Å². The molecule has 1 rings (SSSR count). The van der Waals surface area contributed by atoms with E-state index in [-0.39, 0.29) is 12.0 Å². The van der Waals surface area contributed by atoms with Crippen molar-refractivity contribution in [1.29, 1.82) is 0 Å². The maximum atomic E-state index is 11.7. The van der Waals surface area contributed by atoms with E-state index in [0.717, 1.165) is 18.9 Å². The summed E-state index contributed by atoms with van der Waals surface area (Å²) in [6.45, 7) is 9.71. The summed E-state index contributed by atoms with van der Waals surface area (Å²) in [6.07, 6.45) is 3.40. The topological polar surface area (TPSA) is 41.6 Å². The molecule has 0 saturated carbocycles. The van der Waals surface area contributed by atoms with Crippen molar-refractivity contribution in [2.75, 3.05) is 26.7 Å². The summed E-state index contributed by atoms with van der Waals surface area (Å²) in [4.78, 5) is 14.1. The number of rotatable bonds is 7. The number of nitrogens with zero attached hydrogens (tertiary/aromatic N) is 1. The van der Waals surface area contributed by atoms with Crippen molar-refractivity contribution in [3.05, 3.63) is 0 Å². The molecule has 1 N–H and O–H groups in total. The van der Waals surface area contributed by atoms with E-state index in [0.29, 0.717) is 6.04 Å². The van der Waals surface area contributed by atoms with Crippen molar-refractivity contribution in [3.8, 4) is 0 Å². The van der Waals surface area contributed by atoms with Gasteiger partial charge in [-0.2, -0.15) is 0 Å². The predicted molar refractivity (Wildman–Crippen MR) is 73.5 cm³/mol. The number of esters is 1. The number of carbonyl (C=O) groups excluding carboxylic acids is 1. The van der Waals surface area contributed by atoms with E-state index < -0.39 is 0 Å². The van der Waals surface area contributed by atoms with Gasteiger partial charge in [0.25, 0.3) is 0 Å². The van der Waals surface area contributed by atoms with E-state index in [4.69, 9.17) is 4.74 Å². The van der Waals surface area contributed by atoms with Crippen molar-refractivity contribution in [3.63, 3.8) is 0 Å². The molecule has 0 bridgehead atoms. The number of hydrogen-bond donors (Lipinski definition) is 1. The Morgan fingerprint density at radius 1 is 1.50 bits per heavy atom. The quantitative estimate of drug-likeness (QED) is 0.703. The van der Waals surface area contributed by atoms with E-state index in [2.05, 4.69) is 31.0 Å². The highest BCUT2D eigenvalue weighted by molar-refractivity contribution is 5.75. The molecule has 18 heavy (non-hydrogen) atoms. The molecule has 2 atom stereocenters. The second-order valence-electron chi connectivity index (χ2n) is 5.55. The Bertz CT molecular complexity index is 256. The zero-order valence-electron chi connectivity index (χ0n) is 12.2. The molecule has 0 radical (unpaired) electrons. The van der Waals surface area contributed by atoms with Crippen molar-refractivity contribution >= 4 is 5.97 Å². The summed E-state index contributed by atoms with van der Waals surface area (Å²) in [7, 11) is 1.46. The Labute approximate surface area is 111 Å². The van der Waals surface area contributed by atoms with Crippen LogP contribution in [0.4, 0.5) is 0 Å². The highest BCUT2D eigenvalue weighted by Gasteiger charge is 2.24. The summed E-state index contributed by atoms with van der Waals surface area (Å²) in [5, 5.41) is 3.28. The zero-order valence-corrected chi connectivity index (χ0v) is 12.2. The summed E-state index contributed by atoms with van der Waals surface area (Å²) < 4.78 is 4.85. The Morgan fingerprint density at radius 2 is 2.22 bits per heavy atom. The van der Waals surface area contributed by atoms with Crippen LogP contribution in [0.2, 0.25) is 0 Å². The van der Waals surface area contributed by atoms with Gasteiger partial charge in [-0.15, -0.1) is 0 Å². The minimum atomic E-state index is -0.171. The van der Waals surface area contributed by atoms with Crippen LogP contribution in [0.3, 0.4) is 0 Å². The van der Waals surface area contributed by atoms with Crippen LogP contribution in [-0.2, 0) is 9.53 Å². The monoisotopic (exact) mass is 256 g/mol. The molecule has 1 fully saturated rings. The van der Waals surface area contributed by atoms with Crippen molar-refractivity contribution in [2.24, 2.45) is 5.92 Å². The molecule has 0 aromatic rings. The van der Waals surface area contributed by atoms with Crippen LogP contribution in [0.25, 0.3) is 0 Å². The minimum absolute atomic E-state index is 0.144. The van der Waals surface area contributed by atoms with Gasteiger partial charge < -0.3 is 15.0 Å². The molecule has 0 aliphatic carbocycles. The van der Waals surface area contributed by atoms with E-state index in [1.54, 1.807) is 0 Å². The largest absolute Gasteiger partial charge is 0.468 e. The van der Waals surface area contributed by atoms with Crippen molar-refractivity contribution in [2.45, 2.75) is 52.1 Å². The van der Waals surface area contributed by atoms with Gasteiger partial charge in [-0.05, 0) is 25.3 Å². The molecule has 0 aromatic carbocycles. The van der Waals surface area contributed by atoms with E-state index in [1.165, 1.54) is 33.0 Å². The predicted octanol–water partition coefficient (Wildman–Crippen LogP) is 1.65. The van der Waals surface area contributed by atoms with Gasteiger partial charge in [-0.25, -0.2) is 0 Å². The van der Waals surface area contributed by atoms with Crippen LogP contribution in [0, 0.1) is 5.92 Å². The third-order valence-electron chi connectivity index (χ3n) is 3.70. The highest BCUT2D eigenvalue weighted by atomic mass is 16.5. The molecule has 2 unspecified atom stereocenters. The number of carbonyl (C=O) groups is 1. The third kappa shape index (κ3) is 4.94. The van der Waals surface area contributed by atoms with Gasteiger partial charge in [0.05, 0.1) is 7.11 Å². The van der Waals surface area contributed by atoms with Gasteiger partial charge in [0.15, 0.2) is 0 Å². The van der Waals surface area contributed by atoms with Crippen LogP contribution in [0.15, 0.2) is 0 Å². The fourth-order valence-corrected chi connectivity index (χ4v) is 2.57. The normalized spacial score (nSPS) is 22.4. The number of ether oxygens (including phenoxy) is 1. The Morgan fingerprint density at radius 3 is 2.72 bits per heavy atom. The lowest BCUT2D eigenvalue weighted by Gasteiger charge is -2.22. The number of hydrogen-bond acceptors (Lipinski definition) is 4. The lowest BCUT2D eigenvalue weighted by molar-refractivity contribution is -0.143. The van der Waals surface area contributed by atoms with Gasteiger partial charge in [-0.3, -0.25) is 4.79 Å². The second kappa shape index (κ2) is 7.74. The summed E-state index contributed by atoms with van der Waals surface area (Å²) in [5.74, 6) is 0.703. The average molecular weight is 256 g/mol. The maximum Gasteiger partial charge on any atom is 0.322 e. The molecule has 4 heteroatoms. The van der Waals surface area contributed by atoms with E-state index in [1.807, 2.05) is 0 Å². The first-order chi connectivity index (χ1) is 8.56. The summed E-state index contributed by atoms with van der Waals surface area (Å²) in [5.41, 5.74) is 0. The molecular formula is C14H28N2O2. The first kappa shape index (κ1) is 15.4. The highest BCUT2D eigenvalue weighted by Crippen LogP contribution is 2.19. The van der Waals surface area contributed by atoms with E-state index in [9.17, 15) is 4.79 Å². The molecule has 0 spiro atoms. The van der Waals surface area contributed by atoms with E-state index >= 15 is 0 Å². The molecule has 1 aliphatic heterocycles. The minimum Gasteiger partial charge on any atom is -0.468 e. The lowest BCUT2D eigenvalue weighted by atomic mass is 10.1. The average Bonchev–Trinajstić information content (AvgIpc) is 2.81. The molecule has 1 saturated heterocycles. The summed E-state index contributed by atoms with van der Waals surface area (Å²) >= 11 is 0. The number of likely N-dealkylation sites (tertiary alicyclic amines) is 1. The Hall–Kier alpha value is -0.610. The molecule has 4 nitrogen and oxygen atoms in total. The smallest absolute Gasteiger partial charge is 0.322 e. The standard InChI is InChI=1S/C14H28N2O2/c1-5-12-6-8-16(10-12)9-7-13(14(17)18-4)15-11(2)3/h11-13,15H,5-10H2,1-4H3. The number of nitrogens with one attached hydrogen (secondary N) is 1.